The van der Waals surface area contributed by atoms with E-state index in [2.05, 4.69) is 14.7 Å². The van der Waals surface area contributed by atoms with Gasteiger partial charge in [0.15, 0.2) is 0 Å². The molecule has 1 aromatic carbocycles. The Morgan fingerprint density at radius 3 is 2.76 bits per heavy atom. The molecule has 3 rings (SSSR count). The molecular weight excluding hydrogens is 548 g/mol. The number of carbonyl (C=O) groups is 1. The molecule has 7 nitrogen and oxygen atoms in total. The fourth-order valence-corrected chi connectivity index (χ4v) is 4.68. The van der Waals surface area contributed by atoms with Gasteiger partial charge in [-0.25, -0.2) is 14.4 Å². The molecular formula is C27H30Cl2FN5O2S. The maximum Gasteiger partial charge on any atom is 0.311 e. The molecule has 3 N–H and O–H groups in total. The Balaban J connectivity index is 1.70. The molecule has 0 spiro atoms. The molecule has 0 aliphatic carbocycles. The first-order valence-electron chi connectivity index (χ1n) is 11.8. The van der Waals surface area contributed by atoms with Crippen molar-refractivity contribution in [2.24, 2.45) is 5.41 Å². The number of aromatic nitrogens is 3. The number of allylic oxidation sites excluding steroid dienone is 4. The first-order valence-corrected chi connectivity index (χ1v) is 13.4. The monoisotopic (exact) mass is 577 g/mol. The van der Waals surface area contributed by atoms with Crippen LogP contribution in [-0.4, -0.2) is 20.3 Å². The number of aryl methyl sites for hydroxylation is 1. The number of carbonyl (C=O) groups excluding carboxylic acids is 1. The molecule has 38 heavy (non-hydrogen) atoms. The third-order valence-electron chi connectivity index (χ3n) is 6.03. The molecule has 2 heterocycles. The average molecular weight is 579 g/mol. The maximum absolute atomic E-state index is 13.6. The molecule has 0 atom stereocenters. The van der Waals surface area contributed by atoms with Gasteiger partial charge in [0.25, 0.3) is 0 Å². The lowest BCUT2D eigenvalue weighted by atomic mass is 9.91. The summed E-state index contributed by atoms with van der Waals surface area (Å²) in [6, 6.07) is 3.29. The largest absolute Gasteiger partial charge is 0.460 e. The maximum atomic E-state index is 13.6. The number of esters is 1. The molecule has 0 radical (unpaired) electrons. The first-order chi connectivity index (χ1) is 18.0. The van der Waals surface area contributed by atoms with Crippen molar-refractivity contribution >= 4 is 58.0 Å². The fraction of sp³-hybridized carbons (Fsp3) is 0.296. The van der Waals surface area contributed by atoms with Crippen molar-refractivity contribution in [3.8, 4) is 0 Å². The first kappa shape index (κ1) is 29.5. The molecule has 0 fully saturated rings. The van der Waals surface area contributed by atoms with Crippen LogP contribution in [0.2, 0.25) is 10.0 Å². The van der Waals surface area contributed by atoms with Gasteiger partial charge in [-0.15, -0.1) is 0 Å². The number of nitrogens with two attached hydrogens (primary N) is 1. The van der Waals surface area contributed by atoms with Crippen LogP contribution in [0.1, 0.15) is 51.2 Å². The van der Waals surface area contributed by atoms with Gasteiger partial charge < -0.3 is 15.2 Å². The van der Waals surface area contributed by atoms with E-state index in [-0.39, 0.29) is 18.3 Å². The van der Waals surface area contributed by atoms with Crippen LogP contribution in [0.3, 0.4) is 0 Å². The molecule has 3 aromatic rings. The number of imidazole rings is 1. The summed E-state index contributed by atoms with van der Waals surface area (Å²) in [5, 5.41) is 0.774. The third kappa shape index (κ3) is 6.89. The zero-order valence-electron chi connectivity index (χ0n) is 21.8. The molecule has 0 unspecified atom stereocenters. The number of nitrogen functional groups attached to an aromatic ring is 1. The van der Waals surface area contributed by atoms with Crippen molar-refractivity contribution in [1.82, 2.24) is 19.1 Å². The number of fused-ring (bicyclic) bond motifs is 1. The van der Waals surface area contributed by atoms with Gasteiger partial charge in [0.1, 0.15) is 30.1 Å². The predicted octanol–water partition coefficient (Wildman–Crippen LogP) is 7.47. The minimum Gasteiger partial charge on any atom is -0.460 e. The Bertz CT molecular complexity index is 1430. The standard InChI is InChI=1S/C27H30Cl2FN5O2S/c1-6-27(4,5)26(36)37-15-18-12-19(28)13-21(22(18)29)38-34-20(14-30)9-7-8-16(2)23-24-25(31)32-10-11-35(24)17(3)33-23/h7-14,34H,6,15H2,1-5H3,(H2,31,32)/b9-7-,16-8+,20-14-. The summed E-state index contributed by atoms with van der Waals surface area (Å²) in [6.07, 6.45) is 9.58. The highest BCUT2D eigenvalue weighted by Gasteiger charge is 2.27. The highest BCUT2D eigenvalue weighted by molar-refractivity contribution is 7.97. The molecule has 0 bridgehead atoms. The minimum atomic E-state index is -0.600. The summed E-state index contributed by atoms with van der Waals surface area (Å²) < 4.78 is 23.9. The van der Waals surface area contributed by atoms with Crippen molar-refractivity contribution in [3.05, 3.63) is 81.9 Å². The molecule has 11 heteroatoms. The van der Waals surface area contributed by atoms with Crippen LogP contribution >= 0.6 is 35.1 Å². The van der Waals surface area contributed by atoms with Gasteiger partial charge in [0.2, 0.25) is 0 Å². The molecule has 0 aliphatic heterocycles. The number of halogens is 3. The van der Waals surface area contributed by atoms with Crippen LogP contribution in [0.5, 0.6) is 0 Å². The van der Waals surface area contributed by atoms with E-state index >= 15 is 0 Å². The van der Waals surface area contributed by atoms with Crippen molar-refractivity contribution in [3.63, 3.8) is 0 Å². The quantitative estimate of drug-likeness (QED) is 0.146. The molecule has 0 saturated heterocycles. The van der Waals surface area contributed by atoms with Gasteiger partial charge in [-0.05, 0) is 69.8 Å². The highest BCUT2D eigenvalue weighted by atomic mass is 35.5. The summed E-state index contributed by atoms with van der Waals surface area (Å²) in [4.78, 5) is 21.6. The number of hydrogen-bond acceptors (Lipinski definition) is 7. The Morgan fingerprint density at radius 1 is 1.34 bits per heavy atom. The molecule has 2 aromatic heterocycles. The van der Waals surface area contributed by atoms with E-state index in [0.717, 1.165) is 28.9 Å². The normalized spacial score (nSPS) is 12.9. The third-order valence-corrected chi connectivity index (χ3v) is 7.68. The summed E-state index contributed by atoms with van der Waals surface area (Å²) in [6.45, 7) is 9.31. The molecule has 0 saturated carbocycles. The van der Waals surface area contributed by atoms with Crippen molar-refractivity contribution in [2.45, 2.75) is 52.5 Å². The summed E-state index contributed by atoms with van der Waals surface area (Å²) in [5.41, 5.74) is 8.47. The van der Waals surface area contributed by atoms with E-state index in [1.54, 1.807) is 42.8 Å². The topological polar surface area (TPSA) is 94.5 Å². The number of nitrogens with one attached hydrogen (secondary N) is 1. The fourth-order valence-electron chi connectivity index (χ4n) is 3.35. The Morgan fingerprint density at radius 2 is 2.08 bits per heavy atom. The van der Waals surface area contributed by atoms with Crippen molar-refractivity contribution in [1.29, 1.82) is 0 Å². The van der Waals surface area contributed by atoms with E-state index in [1.165, 1.54) is 0 Å². The van der Waals surface area contributed by atoms with Gasteiger partial charge in [-0.3, -0.25) is 9.20 Å². The number of hydrogen-bond donors (Lipinski definition) is 2. The van der Waals surface area contributed by atoms with Gasteiger partial charge >= 0.3 is 5.97 Å². The zero-order chi connectivity index (χ0) is 28.0. The number of rotatable bonds is 10. The highest BCUT2D eigenvalue weighted by Crippen LogP contribution is 2.34. The van der Waals surface area contributed by atoms with Crippen LogP contribution < -0.4 is 10.5 Å². The second-order valence-electron chi connectivity index (χ2n) is 9.21. The Labute approximate surface area is 236 Å². The van der Waals surface area contributed by atoms with Gasteiger partial charge in [0, 0.05) is 27.9 Å². The summed E-state index contributed by atoms with van der Waals surface area (Å²) in [5.74, 6) is 0.839. The SMILES string of the molecule is CCC(C)(C)C(=O)OCc1cc(Cl)cc(SNC(/C=C\C=C(/C)c2nc(C)n3ccnc(N)c23)=C\F)c1Cl. The number of anilines is 1. The lowest BCUT2D eigenvalue weighted by Gasteiger charge is -2.20. The second kappa shape index (κ2) is 12.7. The van der Waals surface area contributed by atoms with Crippen LogP contribution in [0.4, 0.5) is 10.2 Å². The number of nitrogens with zero attached hydrogens (tertiary/aromatic N) is 3. The lowest BCUT2D eigenvalue weighted by molar-refractivity contribution is -0.155. The number of benzene rings is 1. The van der Waals surface area contributed by atoms with Crippen LogP contribution in [0, 0.1) is 12.3 Å². The van der Waals surface area contributed by atoms with Crippen LogP contribution in [0.25, 0.3) is 11.1 Å². The summed E-state index contributed by atoms with van der Waals surface area (Å²) in [7, 11) is 0. The van der Waals surface area contributed by atoms with Gasteiger partial charge in [-0.1, -0.05) is 42.3 Å². The van der Waals surface area contributed by atoms with Gasteiger partial charge in [0.05, 0.1) is 21.8 Å². The van der Waals surface area contributed by atoms with Crippen LogP contribution in [-0.2, 0) is 16.1 Å². The number of ether oxygens (including phenoxy) is 1. The second-order valence-corrected chi connectivity index (χ2v) is 10.9. The van der Waals surface area contributed by atoms with E-state index in [1.807, 2.05) is 39.0 Å². The minimum absolute atomic E-state index is 0.0206. The van der Waals surface area contributed by atoms with Crippen molar-refractivity contribution in [2.75, 3.05) is 5.73 Å². The van der Waals surface area contributed by atoms with E-state index in [0.29, 0.717) is 44.8 Å². The Hall–Kier alpha value is -3.01. The van der Waals surface area contributed by atoms with E-state index in [4.69, 9.17) is 33.7 Å². The van der Waals surface area contributed by atoms with Crippen molar-refractivity contribution < 1.29 is 13.9 Å². The lowest BCUT2D eigenvalue weighted by Crippen LogP contribution is -2.25. The summed E-state index contributed by atoms with van der Waals surface area (Å²) >= 11 is 13.9. The van der Waals surface area contributed by atoms with E-state index in [9.17, 15) is 9.18 Å². The zero-order valence-corrected chi connectivity index (χ0v) is 24.1. The average Bonchev–Trinajstić information content (AvgIpc) is 3.24. The Kier molecular flexibility index (Phi) is 9.87. The predicted molar refractivity (Wildman–Crippen MR) is 153 cm³/mol. The molecule has 202 valence electrons. The van der Waals surface area contributed by atoms with Crippen LogP contribution in [0.15, 0.2) is 59.7 Å². The smallest absolute Gasteiger partial charge is 0.311 e. The van der Waals surface area contributed by atoms with Gasteiger partial charge in [-0.2, -0.15) is 0 Å². The van der Waals surface area contributed by atoms with E-state index < -0.39 is 5.41 Å². The molecule has 0 amide bonds. The molecule has 0 aliphatic rings.